The lowest BCUT2D eigenvalue weighted by atomic mass is 10.1. The van der Waals surface area contributed by atoms with Gasteiger partial charge < -0.3 is 4.74 Å². The maximum Gasteiger partial charge on any atom is 0.176 e. The van der Waals surface area contributed by atoms with Gasteiger partial charge in [0.2, 0.25) is 0 Å². The Labute approximate surface area is 242 Å². The maximum atomic E-state index is 13.3. The van der Waals surface area contributed by atoms with Crippen molar-refractivity contribution in [1.82, 2.24) is 4.90 Å². The van der Waals surface area contributed by atoms with Crippen LogP contribution in [0.15, 0.2) is 89.9 Å². The second-order valence-corrected chi connectivity index (χ2v) is 11.6. The Hall–Kier alpha value is -3.08. The van der Waals surface area contributed by atoms with E-state index >= 15 is 0 Å². The molecular weight excluding hydrogens is 492 g/mol. The van der Waals surface area contributed by atoms with Gasteiger partial charge in [-0.05, 0) is 82.2 Å². The third-order valence-electron chi connectivity index (χ3n) is 6.79. The van der Waals surface area contributed by atoms with Crippen molar-refractivity contribution < 1.29 is 9.53 Å². The van der Waals surface area contributed by atoms with Crippen molar-refractivity contribution in [2.45, 2.75) is 77.8 Å². The number of nitrogens with zero attached hydrogens (tertiary/aromatic N) is 2. The summed E-state index contributed by atoms with van der Waals surface area (Å²) in [6.45, 7) is 10.0. The summed E-state index contributed by atoms with van der Waals surface area (Å²) in [7, 11) is 0. The number of unbranched alkanes of at least 4 members (excludes halogenated alkanes) is 4. The molecule has 0 fully saturated rings. The fraction of sp³-hybridized carbons (Fsp3) is 0.444. The second kappa shape index (κ2) is 17.6. The van der Waals surface area contributed by atoms with Gasteiger partial charge >= 0.3 is 0 Å². The Kier molecular flexibility index (Phi) is 13.8. The van der Waals surface area contributed by atoms with Gasteiger partial charge in [0.15, 0.2) is 5.78 Å². The first-order valence-electron chi connectivity index (χ1n) is 15.0. The molecule has 4 nitrogen and oxygen atoms in total. The molecule has 0 spiro atoms. The van der Waals surface area contributed by atoms with E-state index < -0.39 is 0 Å². The predicted molar refractivity (Wildman–Crippen MR) is 169 cm³/mol. The van der Waals surface area contributed by atoms with E-state index in [-0.39, 0.29) is 11.3 Å². The van der Waals surface area contributed by atoms with Crippen molar-refractivity contribution in [1.29, 1.82) is 0 Å². The first-order valence-corrected chi connectivity index (χ1v) is 15.0. The lowest BCUT2D eigenvalue weighted by molar-refractivity contribution is 0.0923. The number of aliphatic imine (C=N–C) groups is 1. The largest absolute Gasteiger partial charge is 0.381 e. The van der Waals surface area contributed by atoms with E-state index in [0.29, 0.717) is 6.54 Å². The molecule has 0 aliphatic heterocycles. The topological polar surface area (TPSA) is 41.9 Å². The van der Waals surface area contributed by atoms with E-state index in [9.17, 15) is 4.79 Å². The van der Waals surface area contributed by atoms with Gasteiger partial charge in [-0.25, -0.2) is 0 Å². The number of aryl methyl sites for hydroxylation is 1. The van der Waals surface area contributed by atoms with Crippen molar-refractivity contribution in [2.75, 3.05) is 26.3 Å². The Morgan fingerprint density at radius 2 is 1.43 bits per heavy atom. The first kappa shape index (κ1) is 31.4. The van der Waals surface area contributed by atoms with Crippen molar-refractivity contribution in [2.24, 2.45) is 4.99 Å². The molecule has 0 aliphatic carbocycles. The zero-order valence-corrected chi connectivity index (χ0v) is 24.9. The summed E-state index contributed by atoms with van der Waals surface area (Å²) in [5.74, 6) is 0.155. The summed E-state index contributed by atoms with van der Waals surface area (Å²) in [6.07, 6.45) is 9.77. The number of ketones is 1. The molecule has 0 radical (unpaired) electrons. The van der Waals surface area contributed by atoms with E-state index in [1.54, 1.807) is 0 Å². The normalized spacial score (nSPS) is 11.9. The first-order chi connectivity index (χ1) is 19.4. The summed E-state index contributed by atoms with van der Waals surface area (Å²) < 4.78 is 5.86. The number of carbonyl (C=O) groups excluding carboxylic acids is 1. The number of carbonyl (C=O) groups is 1. The van der Waals surface area contributed by atoms with Crippen LogP contribution in [0, 0.1) is 0 Å². The molecule has 40 heavy (non-hydrogen) atoms. The van der Waals surface area contributed by atoms with Gasteiger partial charge in [-0.1, -0.05) is 91.7 Å². The molecule has 0 saturated heterocycles. The Bertz CT molecular complexity index is 1140. The SMILES string of the molecule is CC(C)(C)N=Cc1cccc(C(=O)CN(CCCCCCOCCCCc2ccccc2)Cc2ccccc2)c1. The summed E-state index contributed by atoms with van der Waals surface area (Å²) in [5.41, 5.74) is 4.22. The molecule has 0 atom stereocenters. The summed E-state index contributed by atoms with van der Waals surface area (Å²) in [6, 6.07) is 28.9. The van der Waals surface area contributed by atoms with Crippen molar-refractivity contribution >= 4 is 12.0 Å². The molecule has 0 bridgehead atoms. The average molecular weight is 541 g/mol. The number of rotatable bonds is 18. The lowest BCUT2D eigenvalue weighted by Crippen LogP contribution is -2.30. The minimum Gasteiger partial charge on any atom is -0.381 e. The fourth-order valence-electron chi connectivity index (χ4n) is 4.58. The highest BCUT2D eigenvalue weighted by Crippen LogP contribution is 2.13. The quantitative estimate of drug-likeness (QED) is 0.0928. The number of hydrogen-bond donors (Lipinski definition) is 0. The molecular formula is C36H48N2O2. The highest BCUT2D eigenvalue weighted by molar-refractivity contribution is 5.99. The standard InChI is InChI=1S/C36H48N2O2/c1-36(2,3)37-28-33-22-16-23-34(27-33)35(39)30-38(29-32-20-10-7-11-21-32)24-13-4-5-14-25-40-26-15-12-19-31-17-8-6-9-18-31/h6-11,16-18,20-23,27-28H,4-5,12-15,19,24-26,29-30H2,1-3H3. The molecule has 4 heteroatoms. The van der Waals surface area contributed by atoms with Crippen LogP contribution in [-0.2, 0) is 17.7 Å². The van der Waals surface area contributed by atoms with E-state index in [2.05, 4.69) is 85.3 Å². The van der Waals surface area contributed by atoms with Gasteiger partial charge in [0.1, 0.15) is 0 Å². The van der Waals surface area contributed by atoms with Gasteiger partial charge in [0.05, 0.1) is 12.1 Å². The van der Waals surface area contributed by atoms with Gasteiger partial charge in [0, 0.05) is 31.5 Å². The maximum absolute atomic E-state index is 13.3. The molecule has 214 valence electrons. The van der Waals surface area contributed by atoms with E-state index in [1.165, 1.54) is 17.5 Å². The summed E-state index contributed by atoms with van der Waals surface area (Å²) in [5, 5.41) is 0. The fourth-order valence-corrected chi connectivity index (χ4v) is 4.58. The molecule has 3 aromatic carbocycles. The summed E-state index contributed by atoms with van der Waals surface area (Å²) >= 11 is 0. The van der Waals surface area contributed by atoms with Crippen LogP contribution >= 0.6 is 0 Å². The number of hydrogen-bond acceptors (Lipinski definition) is 4. The molecule has 0 aliphatic rings. The van der Waals surface area contributed by atoms with Crippen LogP contribution in [0.25, 0.3) is 0 Å². The lowest BCUT2D eigenvalue weighted by Gasteiger charge is -2.22. The van der Waals surface area contributed by atoms with Crippen LogP contribution in [0.4, 0.5) is 0 Å². The third kappa shape index (κ3) is 13.3. The summed E-state index contributed by atoms with van der Waals surface area (Å²) in [4.78, 5) is 20.1. The van der Waals surface area contributed by atoms with Gasteiger partial charge in [-0.3, -0.25) is 14.7 Å². The van der Waals surface area contributed by atoms with Crippen LogP contribution in [0.5, 0.6) is 0 Å². The molecule has 0 N–H and O–H groups in total. The minimum atomic E-state index is -0.138. The number of benzene rings is 3. The highest BCUT2D eigenvalue weighted by atomic mass is 16.5. The zero-order chi connectivity index (χ0) is 28.5. The molecule has 0 saturated carbocycles. The molecule has 0 aromatic heterocycles. The predicted octanol–water partition coefficient (Wildman–Crippen LogP) is 8.19. The molecule has 0 unspecified atom stereocenters. The van der Waals surface area contributed by atoms with Gasteiger partial charge in [-0.15, -0.1) is 0 Å². The molecule has 0 amide bonds. The van der Waals surface area contributed by atoms with Crippen LogP contribution in [0.3, 0.4) is 0 Å². The van der Waals surface area contributed by atoms with Crippen LogP contribution < -0.4 is 0 Å². The van der Waals surface area contributed by atoms with Crippen LogP contribution in [0.1, 0.15) is 86.3 Å². The van der Waals surface area contributed by atoms with Crippen molar-refractivity contribution in [3.8, 4) is 0 Å². The van der Waals surface area contributed by atoms with Gasteiger partial charge in [-0.2, -0.15) is 0 Å². The highest BCUT2D eigenvalue weighted by Gasteiger charge is 2.14. The van der Waals surface area contributed by atoms with Crippen LogP contribution in [-0.4, -0.2) is 48.7 Å². The Morgan fingerprint density at radius 3 is 2.12 bits per heavy atom. The molecule has 0 heterocycles. The number of Topliss-reactive ketones (excluding diaryl/α,β-unsaturated/α-hetero) is 1. The minimum absolute atomic E-state index is 0.138. The average Bonchev–Trinajstić information content (AvgIpc) is 2.95. The monoisotopic (exact) mass is 540 g/mol. The van der Waals surface area contributed by atoms with Crippen molar-refractivity contribution in [3.63, 3.8) is 0 Å². The molecule has 3 aromatic rings. The zero-order valence-electron chi connectivity index (χ0n) is 24.9. The van der Waals surface area contributed by atoms with E-state index in [0.717, 1.165) is 76.0 Å². The van der Waals surface area contributed by atoms with E-state index in [1.807, 2.05) is 36.5 Å². The second-order valence-electron chi connectivity index (χ2n) is 11.6. The molecule has 3 rings (SSSR count). The smallest absolute Gasteiger partial charge is 0.176 e. The Morgan fingerprint density at radius 1 is 0.775 bits per heavy atom. The third-order valence-corrected chi connectivity index (χ3v) is 6.79. The van der Waals surface area contributed by atoms with Crippen LogP contribution in [0.2, 0.25) is 0 Å². The van der Waals surface area contributed by atoms with E-state index in [4.69, 9.17) is 4.74 Å². The Balaban J connectivity index is 1.38. The number of ether oxygens (including phenoxy) is 1. The van der Waals surface area contributed by atoms with Crippen molar-refractivity contribution in [3.05, 3.63) is 107 Å². The van der Waals surface area contributed by atoms with Gasteiger partial charge in [0.25, 0.3) is 0 Å².